The molecule has 0 saturated heterocycles. The number of amides is 3. The molecule has 3 amide bonds. The highest BCUT2D eigenvalue weighted by Crippen LogP contribution is 2.16. The molecule has 0 fully saturated rings. The number of nitrogens with zero attached hydrogens (tertiary/aromatic N) is 1. The average molecular weight is 294 g/mol. The molecule has 1 aromatic rings. The summed E-state index contributed by atoms with van der Waals surface area (Å²) >= 11 is 0. The highest BCUT2D eigenvalue weighted by molar-refractivity contribution is 6.02. The zero-order chi connectivity index (χ0) is 16.0. The molecule has 8 heteroatoms. The molecule has 0 radical (unpaired) electrons. The lowest BCUT2D eigenvalue weighted by Gasteiger charge is -2.22. The van der Waals surface area contributed by atoms with E-state index in [-0.39, 0.29) is 17.2 Å². The largest absolute Gasteiger partial charge is 0.478 e. The molecule has 5 N–H and O–H groups in total. The molecule has 0 bridgehead atoms. The van der Waals surface area contributed by atoms with Gasteiger partial charge in [0.15, 0.2) is 0 Å². The molecule has 114 valence electrons. The number of carbonyl (C=O) groups excluding carboxylic acids is 2. The third-order valence-corrected chi connectivity index (χ3v) is 3.10. The van der Waals surface area contributed by atoms with E-state index in [2.05, 4.69) is 15.6 Å². The first kappa shape index (κ1) is 16.4. The number of aromatic carboxylic acids is 1. The summed E-state index contributed by atoms with van der Waals surface area (Å²) in [5, 5.41) is 13.9. The van der Waals surface area contributed by atoms with Gasteiger partial charge in [-0.3, -0.25) is 9.78 Å². The van der Waals surface area contributed by atoms with Gasteiger partial charge in [0.25, 0.3) is 0 Å². The van der Waals surface area contributed by atoms with Gasteiger partial charge < -0.3 is 21.5 Å². The zero-order valence-corrected chi connectivity index (χ0v) is 11.8. The van der Waals surface area contributed by atoms with Crippen LogP contribution in [-0.4, -0.2) is 34.0 Å². The van der Waals surface area contributed by atoms with Gasteiger partial charge in [0.05, 0.1) is 17.4 Å². The van der Waals surface area contributed by atoms with Crippen molar-refractivity contribution >= 4 is 23.6 Å². The molecule has 0 spiro atoms. The van der Waals surface area contributed by atoms with Crippen LogP contribution in [0.25, 0.3) is 0 Å². The first-order valence-electron chi connectivity index (χ1n) is 6.41. The normalized spacial score (nSPS) is 13.0. The quantitative estimate of drug-likeness (QED) is 0.615. The summed E-state index contributed by atoms with van der Waals surface area (Å²) in [6.45, 7) is 3.64. The van der Waals surface area contributed by atoms with Crippen molar-refractivity contribution in [2.24, 2.45) is 11.7 Å². The SMILES string of the molecule is CCC(C)C(NC(N)=O)C(=O)Nc1cnccc1C(=O)O. The van der Waals surface area contributed by atoms with Gasteiger partial charge in [-0.05, 0) is 12.0 Å². The minimum Gasteiger partial charge on any atom is -0.478 e. The molecule has 1 aromatic heterocycles. The Kier molecular flexibility index (Phi) is 5.65. The van der Waals surface area contributed by atoms with Gasteiger partial charge in [-0.15, -0.1) is 0 Å². The minimum atomic E-state index is -1.18. The van der Waals surface area contributed by atoms with Crippen molar-refractivity contribution < 1.29 is 19.5 Å². The summed E-state index contributed by atoms with van der Waals surface area (Å²) in [6.07, 6.45) is 3.18. The fraction of sp³-hybridized carbons (Fsp3) is 0.385. The number of primary amides is 1. The van der Waals surface area contributed by atoms with E-state index in [1.807, 2.05) is 6.92 Å². The van der Waals surface area contributed by atoms with Crippen LogP contribution in [0.4, 0.5) is 10.5 Å². The molecule has 0 aliphatic heterocycles. The predicted octanol–water partition coefficient (Wildman–Crippen LogP) is 0.801. The van der Waals surface area contributed by atoms with E-state index in [9.17, 15) is 14.4 Å². The lowest BCUT2D eigenvalue weighted by atomic mass is 9.98. The van der Waals surface area contributed by atoms with Crippen molar-refractivity contribution in [3.63, 3.8) is 0 Å². The van der Waals surface area contributed by atoms with E-state index in [0.29, 0.717) is 6.42 Å². The van der Waals surface area contributed by atoms with Crippen LogP contribution in [0.1, 0.15) is 30.6 Å². The number of hydrogen-bond acceptors (Lipinski definition) is 4. The maximum atomic E-state index is 12.2. The number of carboxylic acid groups (broad SMARTS) is 1. The highest BCUT2D eigenvalue weighted by Gasteiger charge is 2.26. The van der Waals surface area contributed by atoms with Gasteiger partial charge in [0.2, 0.25) is 5.91 Å². The molecule has 1 heterocycles. The number of rotatable bonds is 6. The Bertz CT molecular complexity index is 547. The van der Waals surface area contributed by atoms with Crippen LogP contribution in [0.3, 0.4) is 0 Å². The maximum Gasteiger partial charge on any atom is 0.337 e. The fourth-order valence-corrected chi connectivity index (χ4v) is 1.75. The molecule has 0 aromatic carbocycles. The monoisotopic (exact) mass is 294 g/mol. The Morgan fingerprint density at radius 2 is 2.10 bits per heavy atom. The predicted molar refractivity (Wildman–Crippen MR) is 75.8 cm³/mol. The summed E-state index contributed by atoms with van der Waals surface area (Å²) in [4.78, 5) is 38.1. The van der Waals surface area contributed by atoms with Crippen LogP contribution >= 0.6 is 0 Å². The molecule has 2 atom stereocenters. The lowest BCUT2D eigenvalue weighted by molar-refractivity contribution is -0.119. The van der Waals surface area contributed by atoms with Crippen molar-refractivity contribution in [1.82, 2.24) is 10.3 Å². The molecule has 0 saturated carbocycles. The van der Waals surface area contributed by atoms with Crippen LogP contribution in [0.5, 0.6) is 0 Å². The summed E-state index contributed by atoms with van der Waals surface area (Å²) in [5.41, 5.74) is 5.04. The first-order valence-corrected chi connectivity index (χ1v) is 6.41. The number of pyridine rings is 1. The molecular formula is C13H18N4O4. The van der Waals surface area contributed by atoms with Crippen LogP contribution in [0.2, 0.25) is 0 Å². The smallest absolute Gasteiger partial charge is 0.337 e. The summed E-state index contributed by atoms with van der Waals surface area (Å²) in [7, 11) is 0. The summed E-state index contributed by atoms with van der Waals surface area (Å²) in [6, 6.07) is -0.396. The summed E-state index contributed by atoms with van der Waals surface area (Å²) < 4.78 is 0. The second-order valence-electron chi connectivity index (χ2n) is 4.59. The number of nitrogens with two attached hydrogens (primary N) is 1. The maximum absolute atomic E-state index is 12.2. The minimum absolute atomic E-state index is 0.0644. The molecule has 0 aliphatic carbocycles. The molecule has 8 nitrogen and oxygen atoms in total. The number of carbonyl (C=O) groups is 3. The van der Waals surface area contributed by atoms with Gasteiger partial charge in [0, 0.05) is 6.20 Å². The Morgan fingerprint density at radius 1 is 1.43 bits per heavy atom. The van der Waals surface area contributed by atoms with Gasteiger partial charge in [-0.1, -0.05) is 20.3 Å². The van der Waals surface area contributed by atoms with Gasteiger partial charge in [0.1, 0.15) is 6.04 Å². The number of nitrogens with one attached hydrogen (secondary N) is 2. The van der Waals surface area contributed by atoms with Gasteiger partial charge >= 0.3 is 12.0 Å². The van der Waals surface area contributed by atoms with Crippen LogP contribution in [-0.2, 0) is 4.79 Å². The standard InChI is InChI=1S/C13H18N4O4/c1-3-7(2)10(17-13(14)21)11(18)16-9-6-15-5-4-8(9)12(19)20/h4-7,10H,3H2,1-2H3,(H,16,18)(H,19,20)(H3,14,17,21). The van der Waals surface area contributed by atoms with E-state index >= 15 is 0 Å². The number of carboxylic acids is 1. The van der Waals surface area contributed by atoms with Crippen LogP contribution in [0.15, 0.2) is 18.5 Å². The molecule has 1 rings (SSSR count). The Morgan fingerprint density at radius 3 is 2.62 bits per heavy atom. The lowest BCUT2D eigenvalue weighted by Crippen LogP contribution is -2.49. The topological polar surface area (TPSA) is 134 Å². The van der Waals surface area contributed by atoms with Crippen molar-refractivity contribution in [2.45, 2.75) is 26.3 Å². The third-order valence-electron chi connectivity index (χ3n) is 3.10. The van der Waals surface area contributed by atoms with Crippen molar-refractivity contribution in [1.29, 1.82) is 0 Å². The molecule has 0 aliphatic rings. The van der Waals surface area contributed by atoms with E-state index in [4.69, 9.17) is 10.8 Å². The molecular weight excluding hydrogens is 276 g/mol. The van der Waals surface area contributed by atoms with Crippen molar-refractivity contribution in [2.75, 3.05) is 5.32 Å². The third kappa shape index (κ3) is 4.44. The number of anilines is 1. The van der Waals surface area contributed by atoms with Crippen molar-refractivity contribution in [3.05, 3.63) is 24.0 Å². The Hall–Kier alpha value is -2.64. The number of hydrogen-bond donors (Lipinski definition) is 4. The Balaban J connectivity index is 2.96. The second kappa shape index (κ2) is 7.22. The van der Waals surface area contributed by atoms with Gasteiger partial charge in [-0.2, -0.15) is 0 Å². The highest BCUT2D eigenvalue weighted by atomic mass is 16.4. The fourth-order valence-electron chi connectivity index (χ4n) is 1.75. The van der Waals surface area contributed by atoms with Crippen LogP contribution in [0, 0.1) is 5.92 Å². The van der Waals surface area contributed by atoms with Gasteiger partial charge in [-0.25, -0.2) is 9.59 Å². The summed E-state index contributed by atoms with van der Waals surface area (Å²) in [5.74, 6) is -1.89. The average Bonchev–Trinajstić information content (AvgIpc) is 2.44. The number of urea groups is 1. The first-order chi connectivity index (χ1) is 9.86. The second-order valence-corrected chi connectivity index (χ2v) is 4.59. The molecule has 2 unspecified atom stereocenters. The zero-order valence-electron chi connectivity index (χ0n) is 11.8. The van der Waals surface area contributed by atoms with Crippen molar-refractivity contribution in [3.8, 4) is 0 Å². The van der Waals surface area contributed by atoms with E-state index in [0.717, 1.165) is 0 Å². The molecule has 21 heavy (non-hydrogen) atoms. The van der Waals surface area contributed by atoms with E-state index in [1.165, 1.54) is 18.5 Å². The van der Waals surface area contributed by atoms with E-state index in [1.54, 1.807) is 6.92 Å². The van der Waals surface area contributed by atoms with Crippen LogP contribution < -0.4 is 16.4 Å². The Labute approximate surface area is 121 Å². The van der Waals surface area contributed by atoms with E-state index < -0.39 is 23.9 Å². The number of aromatic nitrogens is 1.